The summed E-state index contributed by atoms with van der Waals surface area (Å²) >= 11 is 1.28. The van der Waals surface area contributed by atoms with Crippen LogP contribution in [0.2, 0.25) is 0 Å². The minimum absolute atomic E-state index is 0.0684. The molecule has 0 radical (unpaired) electrons. The van der Waals surface area contributed by atoms with E-state index in [1.165, 1.54) is 11.8 Å². The number of benzene rings is 1. The maximum absolute atomic E-state index is 12.5. The van der Waals surface area contributed by atoms with Gasteiger partial charge in [0.05, 0.1) is 16.7 Å². The molecule has 2 rings (SSSR count). The summed E-state index contributed by atoms with van der Waals surface area (Å²) in [5, 5.41) is 3.99. The predicted octanol–water partition coefficient (Wildman–Crippen LogP) is 1.66. The van der Waals surface area contributed by atoms with Crippen molar-refractivity contribution in [2.24, 2.45) is 0 Å². The van der Waals surface area contributed by atoms with E-state index >= 15 is 0 Å². The average molecular weight is 335 g/mol. The van der Waals surface area contributed by atoms with Crippen molar-refractivity contribution in [3.63, 3.8) is 0 Å². The molecule has 2 aromatic rings. The molecule has 1 N–H and O–H groups in total. The van der Waals surface area contributed by atoms with E-state index in [9.17, 15) is 9.59 Å². The monoisotopic (exact) mass is 335 g/mol. The molecule has 6 nitrogen and oxygen atoms in total. The van der Waals surface area contributed by atoms with Gasteiger partial charge in [-0.2, -0.15) is 0 Å². The smallest absolute Gasteiger partial charge is 0.262 e. The van der Waals surface area contributed by atoms with Gasteiger partial charge in [0.2, 0.25) is 5.91 Å². The highest BCUT2D eigenvalue weighted by Crippen LogP contribution is 2.17. The van der Waals surface area contributed by atoms with Gasteiger partial charge in [-0.3, -0.25) is 14.2 Å². The van der Waals surface area contributed by atoms with Crippen molar-refractivity contribution in [3.05, 3.63) is 34.6 Å². The SMILES string of the molecule is CCn1c(SCC(=O)NCCCOC)nc2ccccc2c1=O. The number of para-hydroxylation sites is 1. The molecule has 23 heavy (non-hydrogen) atoms. The van der Waals surface area contributed by atoms with Crippen LogP contribution < -0.4 is 10.9 Å². The average Bonchev–Trinajstić information content (AvgIpc) is 2.57. The maximum Gasteiger partial charge on any atom is 0.262 e. The first-order chi connectivity index (χ1) is 11.2. The first-order valence-electron chi connectivity index (χ1n) is 7.55. The number of carbonyl (C=O) groups is 1. The lowest BCUT2D eigenvalue weighted by atomic mass is 10.2. The molecule has 1 amide bonds. The second-order valence-corrected chi connectivity index (χ2v) is 5.89. The Morgan fingerprint density at radius 1 is 1.39 bits per heavy atom. The summed E-state index contributed by atoms with van der Waals surface area (Å²) in [5.41, 5.74) is 0.589. The number of rotatable bonds is 8. The number of aromatic nitrogens is 2. The lowest BCUT2D eigenvalue weighted by molar-refractivity contribution is -0.118. The molecule has 0 fully saturated rings. The van der Waals surface area contributed by atoms with Gasteiger partial charge in [-0.15, -0.1) is 0 Å². The zero-order chi connectivity index (χ0) is 16.7. The van der Waals surface area contributed by atoms with Crippen LogP contribution in [0, 0.1) is 0 Å². The molecule has 1 heterocycles. The highest BCUT2D eigenvalue weighted by molar-refractivity contribution is 7.99. The van der Waals surface area contributed by atoms with Crippen molar-refractivity contribution < 1.29 is 9.53 Å². The number of methoxy groups -OCH3 is 1. The van der Waals surface area contributed by atoms with Gasteiger partial charge in [0.1, 0.15) is 0 Å². The van der Waals surface area contributed by atoms with E-state index in [-0.39, 0.29) is 17.2 Å². The van der Waals surface area contributed by atoms with Gasteiger partial charge >= 0.3 is 0 Å². The molecule has 124 valence electrons. The Kier molecular flexibility index (Phi) is 6.61. The summed E-state index contributed by atoms with van der Waals surface area (Å²) in [5.74, 6) is 0.161. The van der Waals surface area contributed by atoms with E-state index in [0.29, 0.717) is 35.8 Å². The Labute approximate surface area is 139 Å². The molecule has 7 heteroatoms. The number of ether oxygens (including phenoxy) is 1. The van der Waals surface area contributed by atoms with Crippen LogP contribution in [0.3, 0.4) is 0 Å². The van der Waals surface area contributed by atoms with Gasteiger partial charge in [-0.1, -0.05) is 23.9 Å². The highest BCUT2D eigenvalue weighted by Gasteiger charge is 2.11. The Balaban J connectivity index is 2.07. The fourth-order valence-electron chi connectivity index (χ4n) is 2.16. The molecule has 0 saturated carbocycles. The number of amides is 1. The van der Waals surface area contributed by atoms with Crippen molar-refractivity contribution >= 4 is 28.6 Å². The van der Waals surface area contributed by atoms with E-state index in [1.807, 2.05) is 25.1 Å². The summed E-state index contributed by atoms with van der Waals surface area (Å²) in [7, 11) is 1.63. The summed E-state index contributed by atoms with van der Waals surface area (Å²) in [6.07, 6.45) is 0.779. The number of carbonyl (C=O) groups excluding carboxylic acids is 1. The number of nitrogens with one attached hydrogen (secondary N) is 1. The topological polar surface area (TPSA) is 73.2 Å². The fraction of sp³-hybridized carbons (Fsp3) is 0.438. The third-order valence-corrected chi connectivity index (χ3v) is 4.30. The summed E-state index contributed by atoms with van der Waals surface area (Å²) < 4.78 is 6.54. The summed E-state index contributed by atoms with van der Waals surface area (Å²) in [4.78, 5) is 28.8. The van der Waals surface area contributed by atoms with Crippen LogP contribution in [0.1, 0.15) is 13.3 Å². The number of hydrogen-bond acceptors (Lipinski definition) is 5. The number of nitrogens with zero attached hydrogens (tertiary/aromatic N) is 2. The molecule has 0 aliphatic carbocycles. The van der Waals surface area contributed by atoms with E-state index in [0.717, 1.165) is 6.42 Å². The van der Waals surface area contributed by atoms with E-state index in [1.54, 1.807) is 17.7 Å². The molecule has 0 unspecified atom stereocenters. The van der Waals surface area contributed by atoms with Crippen molar-refractivity contribution in [2.75, 3.05) is 26.0 Å². The Morgan fingerprint density at radius 3 is 2.91 bits per heavy atom. The fourth-order valence-corrected chi connectivity index (χ4v) is 3.06. The third kappa shape index (κ3) is 4.56. The standard InChI is InChI=1S/C16H21N3O3S/c1-3-19-15(21)12-7-4-5-8-13(12)18-16(19)23-11-14(20)17-9-6-10-22-2/h4-5,7-8H,3,6,9-11H2,1-2H3,(H,17,20). The lowest BCUT2D eigenvalue weighted by Crippen LogP contribution is -2.28. The molecular weight excluding hydrogens is 314 g/mol. The van der Waals surface area contributed by atoms with Gasteiger partial charge in [-0.25, -0.2) is 4.98 Å². The minimum Gasteiger partial charge on any atom is -0.385 e. The quantitative estimate of drug-likeness (QED) is 0.451. The van der Waals surface area contributed by atoms with Crippen LogP contribution in [-0.2, 0) is 16.1 Å². The van der Waals surface area contributed by atoms with Crippen molar-refractivity contribution in [1.29, 1.82) is 0 Å². The maximum atomic E-state index is 12.5. The Bertz CT molecular complexity index is 730. The second kappa shape index (κ2) is 8.69. The zero-order valence-corrected chi connectivity index (χ0v) is 14.2. The molecule has 0 spiro atoms. The normalized spacial score (nSPS) is 10.9. The molecule has 0 aliphatic heterocycles. The molecule has 0 saturated heterocycles. The van der Waals surface area contributed by atoms with Crippen LogP contribution in [-0.4, -0.2) is 41.5 Å². The van der Waals surface area contributed by atoms with Crippen LogP contribution >= 0.6 is 11.8 Å². The van der Waals surface area contributed by atoms with Crippen LogP contribution in [0.25, 0.3) is 10.9 Å². The predicted molar refractivity (Wildman–Crippen MR) is 91.9 cm³/mol. The van der Waals surface area contributed by atoms with Crippen molar-refractivity contribution in [2.45, 2.75) is 25.0 Å². The third-order valence-electron chi connectivity index (χ3n) is 3.32. The first-order valence-corrected chi connectivity index (χ1v) is 8.54. The Hall–Kier alpha value is -1.86. The second-order valence-electron chi connectivity index (χ2n) is 4.95. The first kappa shape index (κ1) is 17.5. The van der Waals surface area contributed by atoms with Gasteiger partial charge in [0.25, 0.3) is 5.56 Å². The van der Waals surface area contributed by atoms with Gasteiger partial charge < -0.3 is 10.1 Å². The number of hydrogen-bond donors (Lipinski definition) is 1. The molecule has 0 bridgehead atoms. The van der Waals surface area contributed by atoms with E-state index in [2.05, 4.69) is 10.3 Å². The Morgan fingerprint density at radius 2 is 2.17 bits per heavy atom. The number of fused-ring (bicyclic) bond motifs is 1. The van der Waals surface area contributed by atoms with Crippen molar-refractivity contribution in [3.8, 4) is 0 Å². The molecule has 0 aliphatic rings. The summed E-state index contributed by atoms with van der Waals surface area (Å²) in [6, 6.07) is 7.26. The minimum atomic E-state index is -0.0730. The van der Waals surface area contributed by atoms with Gasteiger partial charge in [0, 0.05) is 26.8 Å². The van der Waals surface area contributed by atoms with Gasteiger partial charge in [0.15, 0.2) is 5.16 Å². The van der Waals surface area contributed by atoms with Crippen LogP contribution in [0.15, 0.2) is 34.2 Å². The molecule has 1 aromatic carbocycles. The largest absolute Gasteiger partial charge is 0.385 e. The lowest BCUT2D eigenvalue weighted by Gasteiger charge is -2.11. The van der Waals surface area contributed by atoms with Gasteiger partial charge in [-0.05, 0) is 25.5 Å². The highest BCUT2D eigenvalue weighted by atomic mass is 32.2. The summed E-state index contributed by atoms with van der Waals surface area (Å²) in [6.45, 7) is 3.62. The molecule has 0 atom stereocenters. The van der Waals surface area contributed by atoms with E-state index < -0.39 is 0 Å². The molecular formula is C16H21N3O3S. The van der Waals surface area contributed by atoms with Crippen LogP contribution in [0.5, 0.6) is 0 Å². The van der Waals surface area contributed by atoms with Crippen molar-refractivity contribution in [1.82, 2.24) is 14.9 Å². The zero-order valence-electron chi connectivity index (χ0n) is 13.4. The van der Waals surface area contributed by atoms with E-state index in [4.69, 9.17) is 4.74 Å². The molecule has 1 aromatic heterocycles. The number of thioether (sulfide) groups is 1. The van der Waals surface area contributed by atoms with Crippen LogP contribution in [0.4, 0.5) is 0 Å².